The molecule has 1 aromatic carbocycles. The van der Waals surface area contributed by atoms with Crippen LogP contribution < -0.4 is 20.7 Å². The van der Waals surface area contributed by atoms with Gasteiger partial charge in [0.05, 0.1) is 5.69 Å². The zero-order valence-corrected chi connectivity index (χ0v) is 17.1. The summed E-state index contributed by atoms with van der Waals surface area (Å²) in [6.07, 6.45) is 3.58. The Morgan fingerprint density at radius 3 is 2.57 bits per heavy atom. The van der Waals surface area contributed by atoms with Crippen molar-refractivity contribution in [2.45, 2.75) is 65.5 Å². The Morgan fingerprint density at radius 2 is 1.86 bits per heavy atom. The van der Waals surface area contributed by atoms with Crippen LogP contribution in [0.5, 0.6) is 5.75 Å². The molecule has 0 aliphatic carbocycles. The molecule has 0 spiro atoms. The molecule has 2 atom stereocenters. The van der Waals surface area contributed by atoms with Gasteiger partial charge in [-0.25, -0.2) is 0 Å². The number of carbonyl (C=O) groups excluding carboxylic acids is 3. The number of benzene rings is 1. The predicted molar refractivity (Wildman–Crippen MR) is 108 cm³/mol. The number of amides is 3. The zero-order chi connectivity index (χ0) is 20.7. The molecule has 1 aliphatic rings. The van der Waals surface area contributed by atoms with Gasteiger partial charge in [-0.2, -0.15) is 0 Å². The first-order valence-electron chi connectivity index (χ1n) is 9.93. The number of hydrogen-bond donors (Lipinski definition) is 3. The van der Waals surface area contributed by atoms with Crippen LogP contribution in [0.15, 0.2) is 24.3 Å². The molecule has 0 saturated heterocycles. The van der Waals surface area contributed by atoms with Gasteiger partial charge in [0.1, 0.15) is 23.3 Å². The molecule has 0 aromatic heterocycles. The van der Waals surface area contributed by atoms with Crippen LogP contribution in [0.4, 0.5) is 5.69 Å². The molecule has 1 aromatic rings. The Bertz CT molecular complexity index is 717. The maximum absolute atomic E-state index is 12.8. The van der Waals surface area contributed by atoms with Crippen LogP contribution in [0, 0.1) is 5.41 Å². The normalized spacial score (nSPS) is 18.9. The first-order chi connectivity index (χ1) is 13.3. The molecule has 28 heavy (non-hydrogen) atoms. The van der Waals surface area contributed by atoms with E-state index >= 15 is 0 Å². The summed E-state index contributed by atoms with van der Waals surface area (Å²) in [7, 11) is 0. The van der Waals surface area contributed by atoms with Crippen LogP contribution in [0.1, 0.15) is 53.4 Å². The average Bonchev–Trinajstić information content (AvgIpc) is 2.77. The Morgan fingerprint density at radius 1 is 1.14 bits per heavy atom. The first kappa shape index (κ1) is 21.7. The Labute approximate surface area is 166 Å². The molecule has 0 radical (unpaired) electrons. The van der Waals surface area contributed by atoms with Crippen molar-refractivity contribution in [3.8, 4) is 5.75 Å². The van der Waals surface area contributed by atoms with E-state index in [4.69, 9.17) is 4.74 Å². The van der Waals surface area contributed by atoms with Crippen molar-refractivity contribution in [2.75, 3.05) is 11.9 Å². The van der Waals surface area contributed by atoms with E-state index in [0.717, 1.165) is 25.7 Å². The molecule has 3 amide bonds. The number of rotatable bonds is 8. The molecule has 0 fully saturated rings. The van der Waals surface area contributed by atoms with Crippen LogP contribution in [-0.2, 0) is 14.4 Å². The van der Waals surface area contributed by atoms with Gasteiger partial charge in [0, 0.05) is 6.54 Å². The molecule has 7 nitrogen and oxygen atoms in total. The number of fused-ring (bicyclic) bond motifs is 1. The van der Waals surface area contributed by atoms with Gasteiger partial charge >= 0.3 is 0 Å². The summed E-state index contributed by atoms with van der Waals surface area (Å²) in [4.78, 5) is 37.9. The van der Waals surface area contributed by atoms with Crippen molar-refractivity contribution in [3.63, 3.8) is 0 Å². The van der Waals surface area contributed by atoms with Crippen molar-refractivity contribution in [1.29, 1.82) is 0 Å². The highest BCUT2D eigenvalue weighted by atomic mass is 16.5. The van der Waals surface area contributed by atoms with Gasteiger partial charge in [-0.05, 0) is 39.3 Å². The lowest BCUT2D eigenvalue weighted by Crippen LogP contribution is -2.56. The molecular formula is C21H31N3O4. The smallest absolute Gasteiger partial charge is 0.250 e. The molecule has 1 heterocycles. The maximum Gasteiger partial charge on any atom is 0.250 e. The quantitative estimate of drug-likeness (QED) is 0.470. The second-order valence-electron chi connectivity index (χ2n) is 7.70. The van der Waals surface area contributed by atoms with Gasteiger partial charge in [0.15, 0.2) is 0 Å². The van der Waals surface area contributed by atoms with Crippen molar-refractivity contribution in [2.24, 2.45) is 5.41 Å². The topological polar surface area (TPSA) is 96.5 Å². The van der Waals surface area contributed by atoms with Crippen molar-refractivity contribution < 1.29 is 19.1 Å². The Kier molecular flexibility index (Phi) is 7.43. The summed E-state index contributed by atoms with van der Waals surface area (Å²) in [5.41, 5.74) is -0.746. The number of para-hydroxylation sites is 2. The fourth-order valence-corrected chi connectivity index (χ4v) is 2.95. The number of hydrogen-bond acceptors (Lipinski definition) is 4. The van der Waals surface area contributed by atoms with Crippen molar-refractivity contribution in [3.05, 3.63) is 24.3 Å². The van der Waals surface area contributed by atoms with Crippen molar-refractivity contribution in [1.82, 2.24) is 10.6 Å². The van der Waals surface area contributed by atoms with Gasteiger partial charge in [-0.15, -0.1) is 0 Å². The van der Waals surface area contributed by atoms with E-state index in [1.165, 1.54) is 0 Å². The van der Waals surface area contributed by atoms with Crippen LogP contribution in [0.2, 0.25) is 0 Å². The Balaban J connectivity index is 1.98. The van der Waals surface area contributed by atoms with Gasteiger partial charge in [0.2, 0.25) is 11.8 Å². The fourth-order valence-electron chi connectivity index (χ4n) is 2.95. The summed E-state index contributed by atoms with van der Waals surface area (Å²) in [5, 5.41) is 8.27. The third kappa shape index (κ3) is 5.24. The molecule has 0 bridgehead atoms. The lowest BCUT2D eigenvalue weighted by atomic mass is 9.90. The summed E-state index contributed by atoms with van der Waals surface area (Å²) >= 11 is 0. The second-order valence-corrected chi connectivity index (χ2v) is 7.70. The fraction of sp³-hybridized carbons (Fsp3) is 0.571. The lowest BCUT2D eigenvalue weighted by molar-refractivity contribution is -0.143. The highest BCUT2D eigenvalue weighted by Crippen LogP contribution is 2.28. The highest BCUT2D eigenvalue weighted by Gasteiger charge is 2.40. The number of carbonyl (C=O) groups is 3. The van der Waals surface area contributed by atoms with Gasteiger partial charge in [-0.1, -0.05) is 38.3 Å². The number of ether oxygens (including phenoxy) is 1. The largest absolute Gasteiger partial charge is 0.486 e. The molecule has 2 rings (SSSR count). The zero-order valence-electron chi connectivity index (χ0n) is 17.1. The first-order valence-corrected chi connectivity index (χ1v) is 9.93. The monoisotopic (exact) mass is 389 g/mol. The van der Waals surface area contributed by atoms with E-state index in [-0.39, 0.29) is 11.8 Å². The van der Waals surface area contributed by atoms with Crippen LogP contribution in [0.25, 0.3) is 0 Å². The molecule has 154 valence electrons. The van der Waals surface area contributed by atoms with E-state index in [1.54, 1.807) is 39.0 Å². The predicted octanol–water partition coefficient (Wildman–Crippen LogP) is 2.61. The number of unbranched alkanes of at least 4 members (excludes halogenated alkanes) is 3. The SMILES string of the molecule is CCCCCCNC(=O)C(C)(C)C(=O)N[C@@H]1C(=O)Nc2ccccc2O[C@@H]1C. The highest BCUT2D eigenvalue weighted by molar-refractivity contribution is 6.06. The Hall–Kier alpha value is -2.57. The molecule has 0 saturated carbocycles. The molecule has 7 heteroatoms. The van der Waals surface area contributed by atoms with Crippen molar-refractivity contribution >= 4 is 23.4 Å². The summed E-state index contributed by atoms with van der Waals surface area (Å²) in [6, 6.07) is 6.19. The molecule has 0 unspecified atom stereocenters. The second kappa shape index (κ2) is 9.57. The van der Waals surface area contributed by atoms with Gasteiger partial charge in [0.25, 0.3) is 5.91 Å². The van der Waals surface area contributed by atoms with E-state index < -0.39 is 23.5 Å². The van der Waals surface area contributed by atoms with Crippen LogP contribution >= 0.6 is 0 Å². The van der Waals surface area contributed by atoms with Gasteiger partial charge in [-0.3, -0.25) is 14.4 Å². The standard InChI is InChI=1S/C21H31N3O4/c1-5-6-7-10-13-22-19(26)21(3,4)20(27)24-17-14(2)28-16-12-9-8-11-15(16)23-18(17)25/h8-9,11-12,14,17H,5-7,10,13H2,1-4H3,(H,22,26)(H,23,25)(H,24,27)/t14-,17+/m1/s1. The van der Waals surface area contributed by atoms with Crippen LogP contribution in [0.3, 0.4) is 0 Å². The minimum absolute atomic E-state index is 0.354. The summed E-state index contributed by atoms with van der Waals surface area (Å²) < 4.78 is 5.82. The van der Waals surface area contributed by atoms with Gasteiger partial charge < -0.3 is 20.7 Å². The summed E-state index contributed by atoms with van der Waals surface area (Å²) in [6.45, 7) is 7.48. The lowest BCUT2D eigenvalue weighted by Gasteiger charge is -2.27. The number of anilines is 1. The van der Waals surface area contributed by atoms with E-state index in [1.807, 2.05) is 6.07 Å². The minimum atomic E-state index is -1.30. The molecular weight excluding hydrogens is 358 g/mol. The maximum atomic E-state index is 12.8. The summed E-state index contributed by atoms with van der Waals surface area (Å²) in [5.74, 6) is -0.696. The average molecular weight is 389 g/mol. The third-order valence-electron chi connectivity index (χ3n) is 4.95. The van der Waals surface area contributed by atoms with E-state index in [0.29, 0.717) is 18.0 Å². The molecule has 1 aliphatic heterocycles. The third-order valence-corrected chi connectivity index (χ3v) is 4.95. The molecule has 3 N–H and O–H groups in total. The van der Waals surface area contributed by atoms with Crippen LogP contribution in [-0.4, -0.2) is 36.4 Å². The van der Waals surface area contributed by atoms with E-state index in [2.05, 4.69) is 22.9 Å². The number of nitrogens with one attached hydrogen (secondary N) is 3. The van der Waals surface area contributed by atoms with E-state index in [9.17, 15) is 14.4 Å². The minimum Gasteiger partial charge on any atom is -0.486 e.